The van der Waals surface area contributed by atoms with Gasteiger partial charge in [0.15, 0.2) is 0 Å². The summed E-state index contributed by atoms with van der Waals surface area (Å²) in [5.41, 5.74) is 2.37. The number of aromatic amines is 1. The maximum Gasteiger partial charge on any atom is 0.256 e. The highest BCUT2D eigenvalue weighted by Crippen LogP contribution is 2.54. The van der Waals surface area contributed by atoms with Crippen molar-refractivity contribution in [1.29, 1.82) is 0 Å². The van der Waals surface area contributed by atoms with E-state index in [4.69, 9.17) is 0 Å². The Morgan fingerprint density at radius 2 is 2.11 bits per heavy atom. The van der Waals surface area contributed by atoms with Crippen molar-refractivity contribution < 1.29 is 9.59 Å². The molecule has 2 atom stereocenters. The van der Waals surface area contributed by atoms with E-state index in [-0.39, 0.29) is 11.8 Å². The van der Waals surface area contributed by atoms with Crippen molar-refractivity contribution in [1.82, 2.24) is 19.4 Å². The monoisotopic (exact) mass is 375 g/mol. The van der Waals surface area contributed by atoms with Gasteiger partial charge in [-0.25, -0.2) is 4.98 Å². The van der Waals surface area contributed by atoms with Crippen LogP contribution in [0.5, 0.6) is 0 Å². The Morgan fingerprint density at radius 1 is 1.29 bits per heavy atom. The lowest BCUT2D eigenvalue weighted by Gasteiger charge is -2.33. The zero-order chi connectivity index (χ0) is 19.5. The highest BCUT2D eigenvalue weighted by Gasteiger charge is 2.60. The molecule has 2 amide bonds. The first-order valence-electron chi connectivity index (χ1n) is 9.37. The second kappa shape index (κ2) is 5.82. The standard InChI is InChI=1S/C21H21N5O2/c1-13-14(7-9-22-13)19(27)26-11-8-21(17(26)18-23-10-12-25(18)2)15-5-3-4-6-16(15)24-20(21)28/h3-7,9-10,12,17,22H,8,11H2,1-2H3,(H,24,28). The molecule has 0 radical (unpaired) electrons. The number of likely N-dealkylation sites (tertiary alicyclic amines) is 1. The first-order valence-corrected chi connectivity index (χ1v) is 9.37. The molecule has 2 aromatic heterocycles. The van der Waals surface area contributed by atoms with Crippen LogP contribution in [0.1, 0.15) is 39.9 Å². The molecule has 7 heteroatoms. The van der Waals surface area contributed by atoms with Gasteiger partial charge in [0, 0.05) is 43.6 Å². The molecule has 0 saturated carbocycles. The Bertz CT molecular complexity index is 1100. The number of imidazole rings is 1. The van der Waals surface area contributed by atoms with E-state index in [1.807, 2.05) is 49.0 Å². The lowest BCUT2D eigenvalue weighted by Crippen LogP contribution is -2.43. The second-order valence-electron chi connectivity index (χ2n) is 7.53. The fourth-order valence-electron chi connectivity index (χ4n) is 4.74. The van der Waals surface area contributed by atoms with Crippen LogP contribution in [0.3, 0.4) is 0 Å². The molecule has 2 aliphatic rings. The number of aromatic nitrogens is 3. The maximum absolute atomic E-state index is 13.4. The number of hydrogen-bond acceptors (Lipinski definition) is 3. The predicted molar refractivity (Wildman–Crippen MR) is 104 cm³/mol. The number of carbonyl (C=O) groups excluding carboxylic acids is 2. The Balaban J connectivity index is 1.70. The highest BCUT2D eigenvalue weighted by molar-refractivity contribution is 6.08. The zero-order valence-corrected chi connectivity index (χ0v) is 15.8. The number of H-pyrrole nitrogens is 1. The van der Waals surface area contributed by atoms with E-state index < -0.39 is 11.5 Å². The smallest absolute Gasteiger partial charge is 0.256 e. The van der Waals surface area contributed by atoms with Gasteiger partial charge in [-0.2, -0.15) is 0 Å². The van der Waals surface area contributed by atoms with Gasteiger partial charge in [-0.15, -0.1) is 0 Å². The summed E-state index contributed by atoms with van der Waals surface area (Å²) in [6.45, 7) is 2.37. The molecule has 1 aromatic carbocycles. The van der Waals surface area contributed by atoms with Crippen LogP contribution in [0.15, 0.2) is 48.9 Å². The van der Waals surface area contributed by atoms with Gasteiger partial charge in [-0.1, -0.05) is 18.2 Å². The molecule has 2 N–H and O–H groups in total. The third kappa shape index (κ3) is 2.07. The largest absolute Gasteiger partial charge is 0.365 e. The van der Waals surface area contributed by atoms with E-state index in [0.717, 1.165) is 16.9 Å². The van der Waals surface area contributed by atoms with Crippen molar-refractivity contribution in [2.24, 2.45) is 7.05 Å². The zero-order valence-electron chi connectivity index (χ0n) is 15.8. The minimum absolute atomic E-state index is 0.0669. The molecule has 0 aliphatic carbocycles. The number of rotatable bonds is 2. The van der Waals surface area contributed by atoms with E-state index in [1.54, 1.807) is 23.4 Å². The Labute approximate surface area is 162 Å². The molecule has 1 fully saturated rings. The van der Waals surface area contributed by atoms with Crippen LogP contribution in [0.25, 0.3) is 0 Å². The number of carbonyl (C=O) groups is 2. The summed E-state index contributed by atoms with van der Waals surface area (Å²) in [5, 5.41) is 3.03. The molecule has 1 saturated heterocycles. The van der Waals surface area contributed by atoms with E-state index in [9.17, 15) is 9.59 Å². The summed E-state index contributed by atoms with van der Waals surface area (Å²) >= 11 is 0. The summed E-state index contributed by atoms with van der Waals surface area (Å²) in [6.07, 6.45) is 5.89. The predicted octanol–water partition coefficient (Wildman–Crippen LogP) is 2.53. The van der Waals surface area contributed by atoms with Gasteiger partial charge in [-0.3, -0.25) is 9.59 Å². The molecule has 7 nitrogen and oxygen atoms in total. The number of amides is 2. The van der Waals surface area contributed by atoms with Crippen molar-refractivity contribution in [2.45, 2.75) is 24.8 Å². The van der Waals surface area contributed by atoms with Crippen molar-refractivity contribution in [3.05, 3.63) is 71.6 Å². The van der Waals surface area contributed by atoms with Gasteiger partial charge in [0.2, 0.25) is 5.91 Å². The van der Waals surface area contributed by atoms with E-state index in [2.05, 4.69) is 15.3 Å². The minimum Gasteiger partial charge on any atom is -0.365 e. The van der Waals surface area contributed by atoms with Crippen LogP contribution in [0.4, 0.5) is 5.69 Å². The minimum atomic E-state index is -0.838. The van der Waals surface area contributed by atoms with E-state index in [1.165, 1.54) is 0 Å². The van der Waals surface area contributed by atoms with Gasteiger partial charge in [0.1, 0.15) is 17.3 Å². The molecule has 2 unspecified atom stereocenters. The summed E-state index contributed by atoms with van der Waals surface area (Å²) in [4.78, 5) is 36.2. The number of anilines is 1. The molecule has 0 bridgehead atoms. The molecule has 28 heavy (non-hydrogen) atoms. The molecule has 3 aromatic rings. The van der Waals surface area contributed by atoms with E-state index in [0.29, 0.717) is 24.4 Å². The van der Waals surface area contributed by atoms with Crippen molar-refractivity contribution in [3.8, 4) is 0 Å². The average molecular weight is 375 g/mol. The topological polar surface area (TPSA) is 83.0 Å². The number of benzene rings is 1. The van der Waals surface area contributed by atoms with Crippen molar-refractivity contribution in [2.75, 3.05) is 11.9 Å². The highest BCUT2D eigenvalue weighted by atomic mass is 16.2. The van der Waals surface area contributed by atoms with Crippen LogP contribution >= 0.6 is 0 Å². The molecular weight excluding hydrogens is 354 g/mol. The summed E-state index contributed by atoms with van der Waals surface area (Å²) in [7, 11) is 1.90. The third-order valence-electron chi connectivity index (χ3n) is 6.13. The SMILES string of the molecule is Cc1[nH]ccc1C(=O)N1CCC2(C(=O)Nc3ccccc32)C1c1nccn1C. The summed E-state index contributed by atoms with van der Waals surface area (Å²) in [6, 6.07) is 9.07. The first-order chi connectivity index (χ1) is 13.5. The normalized spacial score (nSPS) is 23.3. The van der Waals surface area contributed by atoms with Crippen LogP contribution < -0.4 is 5.32 Å². The number of hydrogen-bond donors (Lipinski definition) is 2. The number of nitrogens with zero attached hydrogens (tertiary/aromatic N) is 3. The number of nitrogens with one attached hydrogen (secondary N) is 2. The number of para-hydroxylation sites is 1. The Hall–Kier alpha value is -3.35. The van der Waals surface area contributed by atoms with Gasteiger partial charge >= 0.3 is 0 Å². The number of fused-ring (bicyclic) bond motifs is 2. The van der Waals surface area contributed by atoms with Crippen molar-refractivity contribution in [3.63, 3.8) is 0 Å². The fraction of sp³-hybridized carbons (Fsp3) is 0.286. The lowest BCUT2D eigenvalue weighted by molar-refractivity contribution is -0.121. The summed E-state index contributed by atoms with van der Waals surface area (Å²) < 4.78 is 1.90. The van der Waals surface area contributed by atoms with Crippen LogP contribution in [0, 0.1) is 6.92 Å². The Morgan fingerprint density at radius 3 is 2.82 bits per heavy atom. The van der Waals surface area contributed by atoms with Gasteiger partial charge in [0.05, 0.1) is 5.56 Å². The van der Waals surface area contributed by atoms with Gasteiger partial charge < -0.3 is 19.8 Å². The molecular formula is C21H21N5O2. The van der Waals surface area contributed by atoms with E-state index >= 15 is 0 Å². The molecule has 1 spiro atoms. The van der Waals surface area contributed by atoms with Crippen molar-refractivity contribution >= 4 is 17.5 Å². The quantitative estimate of drug-likeness (QED) is 0.722. The molecule has 142 valence electrons. The van der Waals surface area contributed by atoms with Gasteiger partial charge in [-0.05, 0) is 31.0 Å². The first kappa shape index (κ1) is 16.8. The fourth-order valence-corrected chi connectivity index (χ4v) is 4.74. The third-order valence-corrected chi connectivity index (χ3v) is 6.13. The van der Waals surface area contributed by atoms with Crippen LogP contribution in [-0.2, 0) is 17.3 Å². The summed E-state index contributed by atoms with van der Waals surface area (Å²) in [5.74, 6) is 0.564. The van der Waals surface area contributed by atoms with Crippen LogP contribution in [0.2, 0.25) is 0 Å². The van der Waals surface area contributed by atoms with Crippen LogP contribution in [-0.4, -0.2) is 37.8 Å². The molecule has 5 rings (SSSR count). The number of aryl methyl sites for hydroxylation is 2. The lowest BCUT2D eigenvalue weighted by atomic mass is 9.74. The maximum atomic E-state index is 13.4. The average Bonchev–Trinajstić information content (AvgIpc) is 3.43. The Kier molecular flexibility index (Phi) is 3.49. The molecule has 2 aliphatic heterocycles. The second-order valence-corrected chi connectivity index (χ2v) is 7.53. The van der Waals surface area contributed by atoms with Gasteiger partial charge in [0.25, 0.3) is 5.91 Å². The molecule has 4 heterocycles.